The van der Waals surface area contributed by atoms with Crippen LogP contribution in [0.2, 0.25) is 0 Å². The highest BCUT2D eigenvalue weighted by atomic mass is 31.2. The molecule has 0 radical (unpaired) electrons. The zero-order valence-corrected chi connectivity index (χ0v) is 20.6. The first-order valence-corrected chi connectivity index (χ1v) is 12.5. The predicted molar refractivity (Wildman–Crippen MR) is 123 cm³/mol. The van der Waals surface area contributed by atoms with Gasteiger partial charge in [0.25, 0.3) is 0 Å². The Morgan fingerprint density at radius 3 is 2.67 bits per heavy atom. The summed E-state index contributed by atoms with van der Waals surface area (Å²) in [5.41, 5.74) is -1.74. The smallest absolute Gasteiger partial charge is 0.459 e. The molecule has 0 spiro atoms. The molecular formula is C21H28FN4O9P. The van der Waals surface area contributed by atoms with E-state index in [2.05, 4.69) is 10.1 Å². The van der Waals surface area contributed by atoms with Gasteiger partial charge in [-0.3, -0.25) is 24.6 Å². The largest absolute Gasteiger partial charge is 0.465 e. The van der Waals surface area contributed by atoms with Crippen molar-refractivity contribution < 1.29 is 42.6 Å². The normalized spacial score (nSPS) is 26.1. The summed E-state index contributed by atoms with van der Waals surface area (Å²) in [6, 6.07) is 8.06. The maximum atomic E-state index is 15.5. The Bertz CT molecular complexity index is 1150. The molecule has 36 heavy (non-hydrogen) atoms. The first kappa shape index (κ1) is 27.7. The number of hydrogen-bond donors (Lipinski definition) is 4. The second-order valence-electron chi connectivity index (χ2n) is 8.04. The number of para-hydroxylation sites is 1. The van der Waals surface area contributed by atoms with Crippen molar-refractivity contribution in [1.82, 2.24) is 14.6 Å². The maximum Gasteiger partial charge on any atom is 0.459 e. The second-order valence-corrected chi connectivity index (χ2v) is 9.73. The highest BCUT2D eigenvalue weighted by Crippen LogP contribution is 2.47. The Kier molecular flexibility index (Phi) is 8.82. The Morgan fingerprint density at radius 2 is 2.06 bits per heavy atom. The molecule has 1 aromatic heterocycles. The minimum absolute atomic E-state index is 0.0949. The second kappa shape index (κ2) is 11.5. The molecule has 0 bridgehead atoms. The molecule has 13 nitrogen and oxygen atoms in total. The molecule has 2 aromatic rings. The van der Waals surface area contributed by atoms with Crippen molar-refractivity contribution >= 4 is 19.5 Å². The molecule has 3 unspecified atom stereocenters. The number of aliphatic hydroxyl groups excluding tert-OH is 1. The van der Waals surface area contributed by atoms with Crippen molar-refractivity contribution in [2.75, 3.05) is 18.7 Å². The summed E-state index contributed by atoms with van der Waals surface area (Å²) >= 11 is 0. The fourth-order valence-electron chi connectivity index (χ4n) is 3.44. The topological polar surface area (TPSA) is 170 Å². The quantitative estimate of drug-likeness (QED) is 0.189. The summed E-state index contributed by atoms with van der Waals surface area (Å²) in [5.74, 6) is -0.726. The number of aliphatic hydroxyl groups is 1. The van der Waals surface area contributed by atoms with E-state index in [9.17, 15) is 19.3 Å². The van der Waals surface area contributed by atoms with Gasteiger partial charge in [0.2, 0.25) is 0 Å². The Balaban J connectivity index is 1.79. The number of esters is 1. The average Bonchev–Trinajstić information content (AvgIpc) is 3.06. The van der Waals surface area contributed by atoms with Gasteiger partial charge in [-0.2, -0.15) is 10.1 Å². The number of rotatable bonds is 11. The Labute approximate surface area is 205 Å². The third-order valence-corrected chi connectivity index (χ3v) is 6.93. The van der Waals surface area contributed by atoms with Crippen molar-refractivity contribution in [2.24, 2.45) is 0 Å². The van der Waals surface area contributed by atoms with Crippen LogP contribution >= 0.6 is 7.75 Å². The lowest BCUT2D eigenvalue weighted by Crippen LogP contribution is -2.43. The number of halogens is 1. The fourth-order valence-corrected chi connectivity index (χ4v) is 4.94. The third-order valence-electron chi connectivity index (χ3n) is 5.28. The molecule has 1 aliphatic rings. The van der Waals surface area contributed by atoms with E-state index in [0.29, 0.717) is 0 Å². The number of carbonyl (C=O) groups is 1. The van der Waals surface area contributed by atoms with E-state index in [4.69, 9.17) is 23.7 Å². The summed E-state index contributed by atoms with van der Waals surface area (Å²) in [5, 5.41) is 21.9. The molecule has 0 aliphatic carbocycles. The number of aromatic nitrogens is 2. The molecule has 2 heterocycles. The molecule has 6 atom stereocenters. The van der Waals surface area contributed by atoms with E-state index in [0.717, 1.165) is 17.7 Å². The standard InChI is InChI=1S/C21H28FN4O9P/c1-4-32-18(28)13(2)25-36(31,35-14-8-6-5-7-9-14)33-12-15-17(27)21(3,22)19(34-15)26-11-10-16(24-30)23-20(26)29/h5-11,13,15,17,19,27,30H,4,12H2,1-3H3,(H,25,31)(H,23,24,29)/t13-,15+,17?,19+,21?,36?/m0/s1. The molecule has 1 aliphatic heterocycles. The SMILES string of the molecule is CCOC(=O)[C@H](C)NP(=O)(OC[C@H]1O[C@@H](n2ccc(NO)nc2=O)C(C)(F)C1O)Oc1ccccc1. The van der Waals surface area contributed by atoms with Crippen LogP contribution in [0.4, 0.5) is 10.2 Å². The molecule has 198 valence electrons. The molecular weight excluding hydrogens is 502 g/mol. The van der Waals surface area contributed by atoms with E-state index in [1.54, 1.807) is 30.6 Å². The van der Waals surface area contributed by atoms with Crippen LogP contribution in [0, 0.1) is 0 Å². The minimum Gasteiger partial charge on any atom is -0.465 e. The van der Waals surface area contributed by atoms with Crippen LogP contribution in [0.3, 0.4) is 0 Å². The summed E-state index contributed by atoms with van der Waals surface area (Å²) in [4.78, 5) is 27.8. The lowest BCUT2D eigenvalue weighted by molar-refractivity contribution is -0.144. The Hall–Kier alpha value is -2.87. The van der Waals surface area contributed by atoms with Gasteiger partial charge in [0, 0.05) is 6.20 Å². The summed E-state index contributed by atoms with van der Waals surface area (Å²) in [6.07, 6.45) is -3.69. The van der Waals surface area contributed by atoms with Crippen molar-refractivity contribution in [3.05, 3.63) is 53.1 Å². The zero-order chi connectivity index (χ0) is 26.5. The molecule has 0 amide bonds. The monoisotopic (exact) mass is 530 g/mol. The average molecular weight is 530 g/mol. The van der Waals surface area contributed by atoms with Crippen molar-refractivity contribution in [2.45, 2.75) is 50.9 Å². The van der Waals surface area contributed by atoms with Crippen LogP contribution in [0.25, 0.3) is 0 Å². The fraction of sp³-hybridized carbons (Fsp3) is 0.476. The van der Waals surface area contributed by atoms with Gasteiger partial charge in [0.05, 0.1) is 13.2 Å². The van der Waals surface area contributed by atoms with Gasteiger partial charge in [-0.1, -0.05) is 18.2 Å². The highest BCUT2D eigenvalue weighted by molar-refractivity contribution is 7.52. The van der Waals surface area contributed by atoms with Crippen LogP contribution in [-0.2, 0) is 23.4 Å². The van der Waals surface area contributed by atoms with Crippen molar-refractivity contribution in [3.63, 3.8) is 0 Å². The zero-order valence-electron chi connectivity index (χ0n) is 19.7. The van der Waals surface area contributed by atoms with Gasteiger partial charge in [-0.25, -0.2) is 13.8 Å². The van der Waals surface area contributed by atoms with Crippen molar-refractivity contribution in [3.8, 4) is 5.75 Å². The van der Waals surface area contributed by atoms with Crippen LogP contribution in [0.5, 0.6) is 5.75 Å². The van der Waals surface area contributed by atoms with Crippen LogP contribution < -0.4 is 20.8 Å². The van der Waals surface area contributed by atoms with Crippen LogP contribution in [0.1, 0.15) is 27.0 Å². The van der Waals surface area contributed by atoms with E-state index in [-0.39, 0.29) is 18.2 Å². The molecule has 1 aromatic carbocycles. The maximum absolute atomic E-state index is 15.5. The number of nitrogens with one attached hydrogen (secondary N) is 2. The first-order valence-electron chi connectivity index (χ1n) is 11.0. The number of carbonyl (C=O) groups excluding carboxylic acids is 1. The molecule has 0 saturated carbocycles. The predicted octanol–water partition coefficient (Wildman–Crippen LogP) is 1.78. The molecule has 1 fully saturated rings. The number of benzene rings is 1. The Morgan fingerprint density at radius 1 is 1.36 bits per heavy atom. The van der Waals surface area contributed by atoms with E-state index in [1.807, 2.05) is 0 Å². The first-order chi connectivity index (χ1) is 17.0. The molecule has 3 rings (SSSR count). The molecule has 4 N–H and O–H groups in total. The lowest BCUT2D eigenvalue weighted by Gasteiger charge is -2.25. The van der Waals surface area contributed by atoms with Gasteiger partial charge < -0.3 is 19.1 Å². The van der Waals surface area contributed by atoms with Gasteiger partial charge in [0.15, 0.2) is 17.7 Å². The number of anilines is 1. The number of hydrogen-bond acceptors (Lipinski definition) is 11. The lowest BCUT2D eigenvalue weighted by atomic mass is 9.98. The van der Waals surface area contributed by atoms with E-state index >= 15 is 4.39 Å². The third kappa shape index (κ3) is 6.27. The van der Waals surface area contributed by atoms with Gasteiger partial charge in [0.1, 0.15) is 24.0 Å². The highest BCUT2D eigenvalue weighted by Gasteiger charge is 2.56. The van der Waals surface area contributed by atoms with Crippen molar-refractivity contribution in [1.29, 1.82) is 0 Å². The van der Waals surface area contributed by atoms with E-state index < -0.39 is 56.2 Å². The van der Waals surface area contributed by atoms with Crippen LogP contribution in [0.15, 0.2) is 47.4 Å². The van der Waals surface area contributed by atoms with Gasteiger partial charge in [-0.05, 0) is 39.0 Å². The summed E-state index contributed by atoms with van der Waals surface area (Å²) in [6.45, 7) is 3.48. The van der Waals surface area contributed by atoms with Gasteiger partial charge >= 0.3 is 19.4 Å². The molecule has 15 heteroatoms. The summed E-state index contributed by atoms with van der Waals surface area (Å²) in [7, 11) is -4.29. The van der Waals surface area contributed by atoms with E-state index in [1.165, 1.54) is 25.1 Å². The summed E-state index contributed by atoms with van der Waals surface area (Å²) < 4.78 is 51.2. The molecule has 1 saturated heterocycles. The number of nitrogens with zero attached hydrogens (tertiary/aromatic N) is 2. The van der Waals surface area contributed by atoms with Crippen LogP contribution in [-0.4, -0.2) is 63.0 Å². The van der Waals surface area contributed by atoms with Gasteiger partial charge in [-0.15, -0.1) is 0 Å². The number of alkyl halides is 1. The minimum atomic E-state index is -4.29. The number of ether oxygens (including phenoxy) is 2.